The van der Waals surface area contributed by atoms with Crippen molar-refractivity contribution in [3.05, 3.63) is 78.1 Å². The highest BCUT2D eigenvalue weighted by Gasteiger charge is 2.19. The van der Waals surface area contributed by atoms with E-state index < -0.39 is 21.7 Å². The first-order valence-electron chi connectivity index (χ1n) is 9.33. The molecule has 3 aromatic rings. The maximum atomic E-state index is 13.9. The van der Waals surface area contributed by atoms with E-state index in [0.29, 0.717) is 18.0 Å². The highest BCUT2D eigenvalue weighted by atomic mass is 32.2. The molecule has 3 rings (SSSR count). The van der Waals surface area contributed by atoms with Crippen molar-refractivity contribution in [1.29, 1.82) is 0 Å². The van der Waals surface area contributed by atoms with Crippen LogP contribution in [0.4, 0.5) is 15.8 Å². The van der Waals surface area contributed by atoms with Crippen LogP contribution in [-0.2, 0) is 10.0 Å². The fourth-order valence-corrected chi connectivity index (χ4v) is 3.85. The van der Waals surface area contributed by atoms with Crippen LogP contribution in [0.3, 0.4) is 0 Å². The van der Waals surface area contributed by atoms with E-state index in [9.17, 15) is 17.6 Å². The largest absolute Gasteiger partial charge is 0.497 e. The van der Waals surface area contributed by atoms with Crippen LogP contribution >= 0.6 is 0 Å². The van der Waals surface area contributed by atoms with E-state index >= 15 is 0 Å². The molecule has 0 aromatic heterocycles. The van der Waals surface area contributed by atoms with Crippen molar-refractivity contribution in [3.8, 4) is 11.5 Å². The van der Waals surface area contributed by atoms with Crippen molar-refractivity contribution in [2.75, 3.05) is 23.8 Å². The van der Waals surface area contributed by atoms with Gasteiger partial charge in [-0.05, 0) is 61.5 Å². The lowest BCUT2D eigenvalue weighted by molar-refractivity contribution is 0.102. The topological polar surface area (TPSA) is 93.7 Å². The van der Waals surface area contributed by atoms with E-state index in [2.05, 4.69) is 10.0 Å². The zero-order chi connectivity index (χ0) is 22.4. The van der Waals surface area contributed by atoms with E-state index in [0.717, 1.165) is 6.07 Å². The van der Waals surface area contributed by atoms with E-state index in [-0.39, 0.29) is 21.9 Å². The van der Waals surface area contributed by atoms with Gasteiger partial charge in [0, 0.05) is 5.69 Å². The number of carbonyl (C=O) groups excluding carboxylic acids is 1. The van der Waals surface area contributed by atoms with Gasteiger partial charge in [0.1, 0.15) is 17.3 Å². The predicted octanol–water partition coefficient (Wildman–Crippen LogP) is 4.29. The average molecular weight is 444 g/mol. The maximum absolute atomic E-state index is 13.9. The Bertz CT molecular complexity index is 1180. The summed E-state index contributed by atoms with van der Waals surface area (Å²) in [6.45, 7) is 2.04. The molecule has 7 nitrogen and oxygen atoms in total. The third-order valence-electron chi connectivity index (χ3n) is 4.27. The summed E-state index contributed by atoms with van der Waals surface area (Å²) in [6, 6.07) is 15.9. The lowest BCUT2D eigenvalue weighted by Crippen LogP contribution is -2.17. The number of methoxy groups -OCH3 is 1. The van der Waals surface area contributed by atoms with Gasteiger partial charge in [-0.25, -0.2) is 12.8 Å². The highest BCUT2D eigenvalue weighted by Crippen LogP contribution is 2.30. The van der Waals surface area contributed by atoms with E-state index in [1.165, 1.54) is 43.5 Å². The van der Waals surface area contributed by atoms with Crippen LogP contribution in [-0.4, -0.2) is 28.0 Å². The van der Waals surface area contributed by atoms with Crippen LogP contribution in [0.5, 0.6) is 11.5 Å². The summed E-state index contributed by atoms with van der Waals surface area (Å²) in [5, 5.41) is 2.53. The van der Waals surface area contributed by atoms with E-state index in [1.807, 2.05) is 0 Å². The molecular formula is C22H21FN2O5S. The first-order chi connectivity index (χ1) is 14.8. The number of halogens is 1. The minimum atomic E-state index is -3.97. The van der Waals surface area contributed by atoms with Gasteiger partial charge < -0.3 is 14.8 Å². The quantitative estimate of drug-likeness (QED) is 0.541. The Kier molecular flexibility index (Phi) is 6.76. The van der Waals surface area contributed by atoms with Crippen molar-refractivity contribution < 1.29 is 27.1 Å². The third kappa shape index (κ3) is 5.32. The molecule has 0 radical (unpaired) electrons. The number of hydrogen-bond acceptors (Lipinski definition) is 5. The molecule has 0 saturated carbocycles. The van der Waals surface area contributed by atoms with Gasteiger partial charge in [-0.15, -0.1) is 0 Å². The number of benzene rings is 3. The molecule has 9 heteroatoms. The lowest BCUT2D eigenvalue weighted by Gasteiger charge is -2.15. The smallest absolute Gasteiger partial charge is 0.261 e. The van der Waals surface area contributed by atoms with Crippen molar-refractivity contribution in [1.82, 2.24) is 0 Å². The molecule has 0 bridgehead atoms. The molecule has 3 aromatic carbocycles. The normalized spacial score (nSPS) is 10.9. The summed E-state index contributed by atoms with van der Waals surface area (Å²) in [5.74, 6) is -0.572. The second kappa shape index (κ2) is 9.48. The van der Waals surface area contributed by atoms with Crippen LogP contribution < -0.4 is 19.5 Å². The van der Waals surface area contributed by atoms with Gasteiger partial charge in [0.25, 0.3) is 15.9 Å². The van der Waals surface area contributed by atoms with Crippen molar-refractivity contribution in [3.63, 3.8) is 0 Å². The maximum Gasteiger partial charge on any atom is 0.261 e. The van der Waals surface area contributed by atoms with Gasteiger partial charge in [0.05, 0.1) is 29.9 Å². The molecular weight excluding hydrogens is 423 g/mol. The van der Waals surface area contributed by atoms with E-state index in [1.54, 1.807) is 31.2 Å². The highest BCUT2D eigenvalue weighted by molar-refractivity contribution is 7.92. The summed E-state index contributed by atoms with van der Waals surface area (Å²) < 4.78 is 52.6. The summed E-state index contributed by atoms with van der Waals surface area (Å²) in [4.78, 5) is 12.4. The number of carbonyl (C=O) groups is 1. The molecule has 0 aliphatic rings. The van der Waals surface area contributed by atoms with Crippen molar-refractivity contribution >= 4 is 27.3 Å². The molecule has 31 heavy (non-hydrogen) atoms. The predicted molar refractivity (Wildman–Crippen MR) is 116 cm³/mol. The number of rotatable bonds is 8. The monoisotopic (exact) mass is 444 g/mol. The Labute approximate surface area is 179 Å². The summed E-state index contributed by atoms with van der Waals surface area (Å²) in [6.07, 6.45) is 0. The van der Waals surface area contributed by atoms with Crippen molar-refractivity contribution in [2.45, 2.75) is 11.8 Å². The Morgan fingerprint density at radius 2 is 1.74 bits per heavy atom. The Hall–Kier alpha value is -3.59. The Balaban J connectivity index is 1.91. The zero-order valence-electron chi connectivity index (χ0n) is 16.9. The molecule has 0 saturated heterocycles. The van der Waals surface area contributed by atoms with Gasteiger partial charge in [-0.3, -0.25) is 9.52 Å². The minimum Gasteiger partial charge on any atom is -0.497 e. The summed E-state index contributed by atoms with van der Waals surface area (Å²) in [5.41, 5.74) is 0.272. The lowest BCUT2D eigenvalue weighted by atomic mass is 10.2. The van der Waals surface area contributed by atoms with Crippen LogP contribution in [0.2, 0.25) is 0 Å². The van der Waals surface area contributed by atoms with Gasteiger partial charge in [0.2, 0.25) is 0 Å². The molecule has 2 N–H and O–H groups in total. The molecule has 0 aliphatic heterocycles. The van der Waals surface area contributed by atoms with E-state index in [4.69, 9.17) is 9.47 Å². The third-order valence-corrected chi connectivity index (χ3v) is 5.65. The Morgan fingerprint density at radius 3 is 2.39 bits per heavy atom. The number of ether oxygens (including phenoxy) is 2. The zero-order valence-corrected chi connectivity index (χ0v) is 17.7. The van der Waals surface area contributed by atoms with Gasteiger partial charge in [-0.2, -0.15) is 0 Å². The first kappa shape index (κ1) is 22.1. The SMILES string of the molecule is CCOc1ccc(S(=O)(=O)Nc2ccc(OC)cc2)cc1NC(=O)c1ccccc1F. The minimum absolute atomic E-state index is 0.101. The number of sulfonamides is 1. The first-order valence-corrected chi connectivity index (χ1v) is 10.8. The molecule has 0 fully saturated rings. The van der Waals surface area contributed by atoms with Gasteiger partial charge >= 0.3 is 0 Å². The number of amides is 1. The second-order valence-electron chi connectivity index (χ2n) is 6.36. The molecule has 0 unspecified atom stereocenters. The number of nitrogens with one attached hydrogen (secondary N) is 2. The summed E-state index contributed by atoms with van der Waals surface area (Å²) in [7, 11) is -2.46. The fourth-order valence-electron chi connectivity index (χ4n) is 2.76. The number of hydrogen-bond donors (Lipinski definition) is 2. The number of anilines is 2. The van der Waals surface area contributed by atoms with Gasteiger partial charge in [-0.1, -0.05) is 12.1 Å². The molecule has 162 valence electrons. The molecule has 0 atom stereocenters. The summed E-state index contributed by atoms with van der Waals surface area (Å²) >= 11 is 0. The van der Waals surface area contributed by atoms with Crippen LogP contribution in [0, 0.1) is 5.82 Å². The fraction of sp³-hybridized carbons (Fsp3) is 0.136. The van der Waals surface area contributed by atoms with Crippen LogP contribution in [0.15, 0.2) is 71.6 Å². The van der Waals surface area contributed by atoms with Gasteiger partial charge in [0.15, 0.2) is 0 Å². The molecule has 0 spiro atoms. The molecule has 0 heterocycles. The van der Waals surface area contributed by atoms with Crippen LogP contribution in [0.25, 0.3) is 0 Å². The second-order valence-corrected chi connectivity index (χ2v) is 8.04. The van der Waals surface area contributed by atoms with Crippen molar-refractivity contribution in [2.24, 2.45) is 0 Å². The molecule has 0 aliphatic carbocycles. The van der Waals surface area contributed by atoms with Crippen LogP contribution in [0.1, 0.15) is 17.3 Å². The Morgan fingerprint density at radius 1 is 1.03 bits per heavy atom. The standard InChI is InChI=1S/C22H21FN2O5S/c1-3-30-21-13-12-17(31(27,28)25-15-8-10-16(29-2)11-9-15)14-20(21)24-22(26)18-6-4-5-7-19(18)23/h4-14,25H,3H2,1-2H3,(H,24,26). The molecule has 1 amide bonds. The average Bonchev–Trinajstić information content (AvgIpc) is 2.75.